The molecule has 0 N–H and O–H groups in total. The lowest BCUT2D eigenvalue weighted by molar-refractivity contribution is -0.385. The Hall–Kier alpha value is -4.83. The van der Waals surface area contributed by atoms with E-state index in [-0.39, 0.29) is 35.9 Å². The molecule has 1 aliphatic heterocycles. The normalized spacial score (nSPS) is 14.6. The highest BCUT2D eigenvalue weighted by Gasteiger charge is 2.42. The molecule has 10 nitrogen and oxygen atoms in total. The van der Waals surface area contributed by atoms with E-state index in [0.717, 1.165) is 36.8 Å². The lowest BCUT2D eigenvalue weighted by Crippen LogP contribution is -2.44. The number of nitro groups is 1. The fraction of sp³-hybridized carbons (Fsp3) is 0.378. The Morgan fingerprint density at radius 3 is 2.04 bits per heavy atom. The molecule has 0 saturated heterocycles. The molecule has 0 spiro atoms. The quantitative estimate of drug-likeness (QED) is 0.0674. The number of nitrogens with zero attached hydrogens (tertiary/aromatic N) is 4. The summed E-state index contributed by atoms with van der Waals surface area (Å²) >= 11 is 0. The Balaban J connectivity index is 1.55. The molecule has 0 aliphatic carbocycles. The molecule has 47 heavy (non-hydrogen) atoms. The molecule has 1 unspecified atom stereocenters. The maximum atomic E-state index is 13.9. The minimum Gasteiger partial charge on any atom is -0.462 e. The van der Waals surface area contributed by atoms with Crippen LogP contribution in [-0.2, 0) is 27.4 Å². The zero-order valence-electron chi connectivity index (χ0n) is 27.5. The van der Waals surface area contributed by atoms with E-state index in [4.69, 9.17) is 9.47 Å². The van der Waals surface area contributed by atoms with E-state index in [2.05, 4.69) is 41.1 Å². The predicted molar refractivity (Wildman–Crippen MR) is 182 cm³/mol. The Labute approximate surface area is 276 Å². The van der Waals surface area contributed by atoms with Gasteiger partial charge in [0.05, 0.1) is 28.4 Å². The second kappa shape index (κ2) is 17.8. The number of esters is 1. The van der Waals surface area contributed by atoms with Crippen LogP contribution < -0.4 is 0 Å². The van der Waals surface area contributed by atoms with Gasteiger partial charge in [-0.25, -0.2) is 14.6 Å². The molecule has 3 aromatic rings. The van der Waals surface area contributed by atoms with E-state index in [1.165, 1.54) is 11.0 Å². The van der Waals surface area contributed by atoms with Gasteiger partial charge in [-0.2, -0.15) is 0 Å². The molecule has 0 saturated carbocycles. The van der Waals surface area contributed by atoms with Crippen LogP contribution in [0, 0.1) is 10.1 Å². The number of benzene rings is 3. The molecule has 1 heterocycles. The number of nitro benzene ring substituents is 1. The number of amides is 1. The van der Waals surface area contributed by atoms with Crippen molar-refractivity contribution >= 4 is 23.6 Å². The number of ether oxygens (including phenoxy) is 2. The van der Waals surface area contributed by atoms with E-state index in [1.807, 2.05) is 36.4 Å². The molecule has 3 aromatic carbocycles. The fourth-order valence-electron chi connectivity index (χ4n) is 5.72. The van der Waals surface area contributed by atoms with Gasteiger partial charge in [-0.15, -0.1) is 0 Å². The van der Waals surface area contributed by atoms with Gasteiger partial charge in [0.2, 0.25) is 0 Å². The van der Waals surface area contributed by atoms with Crippen molar-refractivity contribution in [1.82, 2.24) is 9.80 Å². The van der Waals surface area contributed by atoms with Gasteiger partial charge in [-0.05, 0) is 37.5 Å². The Bertz CT molecular complexity index is 1520. The number of hydrogen-bond acceptors (Lipinski definition) is 8. The first-order valence-corrected chi connectivity index (χ1v) is 16.2. The Morgan fingerprint density at radius 2 is 1.43 bits per heavy atom. The number of aliphatic imine (C=N–C) groups is 1. The molecule has 4 rings (SSSR count). The van der Waals surface area contributed by atoms with Crippen molar-refractivity contribution in [3.8, 4) is 0 Å². The molecule has 1 atom stereocenters. The predicted octanol–water partition coefficient (Wildman–Crippen LogP) is 8.00. The van der Waals surface area contributed by atoms with Gasteiger partial charge in [0, 0.05) is 25.7 Å². The Kier molecular flexibility index (Phi) is 13.2. The third kappa shape index (κ3) is 9.83. The van der Waals surface area contributed by atoms with Crippen LogP contribution in [0.2, 0.25) is 0 Å². The standard InChI is InChI=1S/C37H44N4O6/c1-4-5-6-7-16-24-46-36(42)34-28(2)38-29(3)40(35(34)32-21-14-15-22-33(32)41(44)45)37(43)47-25-23-39(26-30-17-10-8-11-18-30)27-31-19-12-9-13-20-31/h8-15,17-22,35H,4-7,16,23-27H2,1-3H3. The lowest BCUT2D eigenvalue weighted by Gasteiger charge is -2.35. The number of para-hydroxylation sites is 1. The zero-order valence-corrected chi connectivity index (χ0v) is 27.5. The van der Waals surface area contributed by atoms with Crippen LogP contribution in [0.25, 0.3) is 0 Å². The topological polar surface area (TPSA) is 115 Å². The van der Waals surface area contributed by atoms with Crippen molar-refractivity contribution in [3.05, 3.63) is 123 Å². The Morgan fingerprint density at radius 1 is 0.830 bits per heavy atom. The van der Waals surface area contributed by atoms with Gasteiger partial charge in [0.15, 0.2) is 0 Å². The van der Waals surface area contributed by atoms with Gasteiger partial charge < -0.3 is 9.47 Å². The SMILES string of the molecule is CCCCCCCOC(=O)C1=C(C)N=C(C)N(C(=O)OCCN(Cc2ccccc2)Cc2ccccc2)C1c1ccccc1[N+](=O)[O-]. The maximum Gasteiger partial charge on any atom is 0.416 e. The largest absolute Gasteiger partial charge is 0.462 e. The van der Waals surface area contributed by atoms with E-state index < -0.39 is 23.0 Å². The first-order valence-electron chi connectivity index (χ1n) is 16.2. The van der Waals surface area contributed by atoms with Crippen LogP contribution in [0.15, 0.2) is 101 Å². The number of allylic oxidation sites excluding steroid dienone is 1. The van der Waals surface area contributed by atoms with Crippen molar-refractivity contribution in [2.24, 2.45) is 4.99 Å². The molecule has 0 fully saturated rings. The highest BCUT2D eigenvalue weighted by Crippen LogP contribution is 2.40. The molecule has 1 amide bonds. The summed E-state index contributed by atoms with van der Waals surface area (Å²) in [5.74, 6) is -0.399. The molecule has 10 heteroatoms. The minimum absolute atomic E-state index is 0.0477. The zero-order chi connectivity index (χ0) is 33.6. The van der Waals surface area contributed by atoms with Gasteiger partial charge in [0.1, 0.15) is 18.5 Å². The summed E-state index contributed by atoms with van der Waals surface area (Å²) < 4.78 is 11.5. The smallest absolute Gasteiger partial charge is 0.416 e. The van der Waals surface area contributed by atoms with Crippen LogP contribution in [0.4, 0.5) is 10.5 Å². The van der Waals surface area contributed by atoms with Gasteiger partial charge in [0.25, 0.3) is 5.69 Å². The van der Waals surface area contributed by atoms with Crippen LogP contribution in [0.1, 0.15) is 75.6 Å². The van der Waals surface area contributed by atoms with Crippen molar-refractivity contribution in [2.45, 2.75) is 72.0 Å². The summed E-state index contributed by atoms with van der Waals surface area (Å²) in [6, 6.07) is 25.0. The number of rotatable bonds is 16. The molecule has 0 bridgehead atoms. The third-order valence-electron chi connectivity index (χ3n) is 8.06. The monoisotopic (exact) mass is 640 g/mol. The van der Waals surface area contributed by atoms with Crippen LogP contribution >= 0.6 is 0 Å². The van der Waals surface area contributed by atoms with Crippen molar-refractivity contribution in [2.75, 3.05) is 19.8 Å². The number of unbranched alkanes of at least 4 members (excludes halogenated alkanes) is 4. The summed E-state index contributed by atoms with van der Waals surface area (Å²) in [5.41, 5.74) is 2.61. The second-order valence-electron chi connectivity index (χ2n) is 11.6. The van der Waals surface area contributed by atoms with E-state index in [1.54, 1.807) is 32.0 Å². The maximum absolute atomic E-state index is 13.9. The van der Waals surface area contributed by atoms with Crippen LogP contribution in [0.3, 0.4) is 0 Å². The fourth-order valence-corrected chi connectivity index (χ4v) is 5.72. The average molecular weight is 641 g/mol. The minimum atomic E-state index is -1.15. The van der Waals surface area contributed by atoms with E-state index in [0.29, 0.717) is 31.8 Å². The summed E-state index contributed by atoms with van der Waals surface area (Å²) in [5, 5.41) is 12.1. The number of carbonyl (C=O) groups excluding carboxylic acids is 2. The highest BCUT2D eigenvalue weighted by molar-refractivity contribution is 6.01. The number of amidine groups is 1. The first kappa shape index (κ1) is 35.0. The van der Waals surface area contributed by atoms with Crippen LogP contribution in [-0.4, -0.2) is 52.4 Å². The van der Waals surface area contributed by atoms with Crippen LogP contribution in [0.5, 0.6) is 0 Å². The lowest BCUT2D eigenvalue weighted by atomic mass is 9.92. The summed E-state index contributed by atoms with van der Waals surface area (Å²) in [6.45, 7) is 7.38. The van der Waals surface area contributed by atoms with Crippen molar-refractivity contribution in [1.29, 1.82) is 0 Å². The molecular weight excluding hydrogens is 596 g/mol. The second-order valence-corrected chi connectivity index (χ2v) is 11.6. The highest BCUT2D eigenvalue weighted by atomic mass is 16.6. The molecule has 248 valence electrons. The van der Waals surface area contributed by atoms with Gasteiger partial charge in [-0.1, -0.05) is 105 Å². The number of hydrogen-bond donors (Lipinski definition) is 0. The molecule has 0 aromatic heterocycles. The average Bonchev–Trinajstić information content (AvgIpc) is 3.06. The van der Waals surface area contributed by atoms with Gasteiger partial charge in [-0.3, -0.25) is 19.9 Å². The molecule has 1 aliphatic rings. The first-order chi connectivity index (χ1) is 22.8. The summed E-state index contributed by atoms with van der Waals surface area (Å²) in [6.07, 6.45) is 4.13. The van der Waals surface area contributed by atoms with E-state index in [9.17, 15) is 19.7 Å². The third-order valence-corrected chi connectivity index (χ3v) is 8.06. The van der Waals surface area contributed by atoms with Crippen molar-refractivity contribution in [3.63, 3.8) is 0 Å². The van der Waals surface area contributed by atoms with E-state index >= 15 is 0 Å². The molecule has 0 radical (unpaired) electrons. The number of carbonyl (C=O) groups is 2. The summed E-state index contributed by atoms with van der Waals surface area (Å²) in [7, 11) is 0. The molecular formula is C37H44N4O6. The van der Waals surface area contributed by atoms with Gasteiger partial charge >= 0.3 is 12.1 Å². The summed E-state index contributed by atoms with van der Waals surface area (Å²) in [4.78, 5) is 47.0. The van der Waals surface area contributed by atoms with Crippen molar-refractivity contribution < 1.29 is 24.0 Å².